The predicted octanol–water partition coefficient (Wildman–Crippen LogP) is 6.56. The summed E-state index contributed by atoms with van der Waals surface area (Å²) in [6.45, 7) is 2.01. The molecule has 4 rings (SSSR count). The molecule has 0 atom stereocenters. The van der Waals surface area contributed by atoms with Crippen LogP contribution in [0.3, 0.4) is 0 Å². The van der Waals surface area contributed by atoms with Crippen LogP contribution in [0.1, 0.15) is 11.3 Å². The van der Waals surface area contributed by atoms with Gasteiger partial charge in [0.1, 0.15) is 17.3 Å². The third-order valence-corrected chi connectivity index (χ3v) is 6.14. The van der Waals surface area contributed by atoms with Crippen LogP contribution in [0, 0.1) is 12.7 Å². The summed E-state index contributed by atoms with van der Waals surface area (Å²) in [5.41, 5.74) is 2.21. The second-order valence-corrected chi connectivity index (χ2v) is 8.68. The zero-order valence-electron chi connectivity index (χ0n) is 14.6. The van der Waals surface area contributed by atoms with Crippen LogP contribution in [0.15, 0.2) is 68.4 Å². The van der Waals surface area contributed by atoms with E-state index in [0.717, 1.165) is 27.4 Å². The second kappa shape index (κ2) is 7.66. The van der Waals surface area contributed by atoms with Crippen LogP contribution in [0.25, 0.3) is 17.4 Å². The number of furan rings is 1. The van der Waals surface area contributed by atoms with E-state index in [-0.39, 0.29) is 15.9 Å². The number of rotatable bonds is 3. The molecular weight excluding hydrogens is 461 g/mol. The van der Waals surface area contributed by atoms with E-state index in [0.29, 0.717) is 16.4 Å². The third kappa shape index (κ3) is 3.57. The predicted molar refractivity (Wildman–Crippen MR) is 119 cm³/mol. The van der Waals surface area contributed by atoms with Crippen molar-refractivity contribution in [2.24, 2.45) is 0 Å². The highest BCUT2D eigenvalue weighted by Crippen LogP contribution is 2.38. The van der Waals surface area contributed by atoms with E-state index in [1.807, 2.05) is 31.2 Å². The van der Waals surface area contributed by atoms with Gasteiger partial charge in [-0.1, -0.05) is 58.1 Å². The van der Waals surface area contributed by atoms with Crippen molar-refractivity contribution in [3.05, 3.63) is 81.1 Å². The zero-order valence-corrected chi connectivity index (χ0v) is 17.8. The maximum atomic E-state index is 14.1. The Morgan fingerprint density at radius 2 is 1.96 bits per heavy atom. The average molecular weight is 474 g/mol. The molecule has 0 N–H and O–H groups in total. The Morgan fingerprint density at radius 3 is 2.71 bits per heavy atom. The number of aryl methyl sites for hydroxylation is 1. The molecule has 1 fully saturated rings. The van der Waals surface area contributed by atoms with Crippen LogP contribution in [0.4, 0.5) is 10.1 Å². The molecule has 0 radical (unpaired) electrons. The Hall–Kier alpha value is -2.22. The van der Waals surface area contributed by atoms with Gasteiger partial charge in [0.05, 0.1) is 10.6 Å². The van der Waals surface area contributed by atoms with Crippen LogP contribution in [0.5, 0.6) is 0 Å². The molecule has 2 heterocycles. The van der Waals surface area contributed by atoms with Crippen molar-refractivity contribution in [3.63, 3.8) is 0 Å². The van der Waals surface area contributed by atoms with E-state index in [4.69, 9.17) is 16.6 Å². The Morgan fingerprint density at radius 1 is 1.18 bits per heavy atom. The first-order valence-corrected chi connectivity index (χ1v) is 10.3. The lowest BCUT2D eigenvalue weighted by Gasteiger charge is -2.14. The standard InChI is InChI=1S/C21H13BrFNO2S2/c1-12-6-8-14(15(22)10-12)18-9-7-13(26-18)11-19-20(25)24(21(27)28-19)17-5-3-2-4-16(17)23/h2-11H,1H3/b19-11+. The molecule has 7 heteroatoms. The van der Waals surface area contributed by atoms with E-state index in [2.05, 4.69) is 15.9 Å². The summed E-state index contributed by atoms with van der Waals surface area (Å²) in [5.74, 6) is 0.346. The Kier molecular flexibility index (Phi) is 5.23. The van der Waals surface area contributed by atoms with Crippen LogP contribution in [-0.4, -0.2) is 10.2 Å². The quantitative estimate of drug-likeness (QED) is 0.318. The van der Waals surface area contributed by atoms with Crippen LogP contribution >= 0.6 is 39.9 Å². The summed E-state index contributed by atoms with van der Waals surface area (Å²) in [6, 6.07) is 15.7. The number of thiocarbonyl (C=S) groups is 1. The number of thioether (sulfide) groups is 1. The van der Waals surface area contributed by atoms with Gasteiger partial charge in [0.15, 0.2) is 4.32 Å². The van der Waals surface area contributed by atoms with Crippen molar-refractivity contribution in [3.8, 4) is 11.3 Å². The lowest BCUT2D eigenvalue weighted by Crippen LogP contribution is -2.28. The Balaban J connectivity index is 1.64. The van der Waals surface area contributed by atoms with Crippen LogP contribution in [0.2, 0.25) is 0 Å². The molecule has 0 aliphatic carbocycles. The molecule has 3 nitrogen and oxygen atoms in total. The molecule has 0 unspecified atom stereocenters. The van der Waals surface area contributed by atoms with Crippen LogP contribution < -0.4 is 4.90 Å². The molecule has 1 saturated heterocycles. The fourth-order valence-electron chi connectivity index (χ4n) is 2.83. The minimum absolute atomic E-state index is 0.150. The lowest BCUT2D eigenvalue weighted by atomic mass is 10.1. The number of hydrogen-bond acceptors (Lipinski definition) is 4. The van der Waals surface area contributed by atoms with Crippen molar-refractivity contribution in [1.82, 2.24) is 0 Å². The highest BCUT2D eigenvalue weighted by Gasteiger charge is 2.34. The van der Waals surface area contributed by atoms with Gasteiger partial charge in [-0.25, -0.2) is 4.39 Å². The van der Waals surface area contributed by atoms with Gasteiger partial charge in [-0.2, -0.15) is 0 Å². The number of benzene rings is 2. The summed E-state index contributed by atoms with van der Waals surface area (Å²) in [7, 11) is 0. The molecule has 1 aliphatic rings. The van der Waals surface area contributed by atoms with Gasteiger partial charge in [0.25, 0.3) is 5.91 Å². The number of para-hydroxylation sites is 1. The third-order valence-electron chi connectivity index (χ3n) is 4.18. The average Bonchev–Trinajstić information content (AvgIpc) is 3.21. The highest BCUT2D eigenvalue weighted by atomic mass is 79.9. The number of hydrogen-bond donors (Lipinski definition) is 0. The molecular formula is C21H13BrFNO2S2. The fraction of sp³-hybridized carbons (Fsp3) is 0.0476. The van der Waals surface area contributed by atoms with Gasteiger partial charge >= 0.3 is 0 Å². The van der Waals surface area contributed by atoms with E-state index >= 15 is 0 Å². The molecule has 0 bridgehead atoms. The Labute approximate surface area is 179 Å². The highest BCUT2D eigenvalue weighted by molar-refractivity contribution is 9.10. The molecule has 28 heavy (non-hydrogen) atoms. The fourth-order valence-corrected chi connectivity index (χ4v) is 4.79. The Bertz CT molecular complexity index is 1140. The van der Waals surface area contributed by atoms with Crippen molar-refractivity contribution >= 4 is 61.9 Å². The van der Waals surface area contributed by atoms with Gasteiger partial charge < -0.3 is 4.42 Å². The summed E-state index contributed by atoms with van der Waals surface area (Å²) in [5, 5.41) is 0. The molecule has 0 saturated carbocycles. The molecule has 1 aromatic heterocycles. The number of carbonyl (C=O) groups excluding carboxylic acids is 1. The molecule has 140 valence electrons. The van der Waals surface area contributed by atoms with E-state index in [1.165, 1.54) is 17.0 Å². The second-order valence-electron chi connectivity index (χ2n) is 6.15. The van der Waals surface area contributed by atoms with Gasteiger partial charge in [0, 0.05) is 16.1 Å². The van der Waals surface area contributed by atoms with Crippen LogP contribution in [-0.2, 0) is 4.79 Å². The molecule has 3 aromatic rings. The van der Waals surface area contributed by atoms with Gasteiger partial charge in [-0.05, 0) is 48.9 Å². The maximum absolute atomic E-state index is 14.1. The number of anilines is 1. The zero-order chi connectivity index (χ0) is 19.8. The largest absolute Gasteiger partial charge is 0.457 e. The molecule has 0 spiro atoms. The monoisotopic (exact) mass is 473 g/mol. The molecule has 1 aliphatic heterocycles. The summed E-state index contributed by atoms with van der Waals surface area (Å²) < 4.78 is 21.2. The minimum atomic E-state index is -0.496. The normalized spacial score (nSPS) is 15.7. The lowest BCUT2D eigenvalue weighted by molar-refractivity contribution is -0.113. The number of carbonyl (C=O) groups is 1. The first-order valence-electron chi connectivity index (χ1n) is 8.33. The number of halogens is 2. The topological polar surface area (TPSA) is 33.5 Å². The van der Waals surface area contributed by atoms with Crippen molar-refractivity contribution in [2.75, 3.05) is 4.90 Å². The van der Waals surface area contributed by atoms with E-state index in [1.54, 1.807) is 24.3 Å². The number of amides is 1. The van der Waals surface area contributed by atoms with Crippen molar-refractivity contribution in [2.45, 2.75) is 6.92 Å². The van der Waals surface area contributed by atoms with Crippen molar-refractivity contribution in [1.29, 1.82) is 0 Å². The molecule has 2 aromatic carbocycles. The van der Waals surface area contributed by atoms with Gasteiger partial charge in [-0.3, -0.25) is 9.69 Å². The van der Waals surface area contributed by atoms with E-state index in [9.17, 15) is 9.18 Å². The summed E-state index contributed by atoms with van der Waals surface area (Å²) in [4.78, 5) is 14.4. The first kappa shape index (κ1) is 19.1. The number of nitrogens with zero attached hydrogens (tertiary/aromatic N) is 1. The van der Waals surface area contributed by atoms with Gasteiger partial charge in [0.2, 0.25) is 0 Å². The van der Waals surface area contributed by atoms with Gasteiger partial charge in [-0.15, -0.1) is 0 Å². The smallest absolute Gasteiger partial charge is 0.270 e. The minimum Gasteiger partial charge on any atom is -0.457 e. The SMILES string of the molecule is Cc1ccc(-c2ccc(/C=C3/SC(=S)N(c4ccccc4F)C3=O)o2)c(Br)c1. The molecule has 1 amide bonds. The maximum Gasteiger partial charge on any atom is 0.270 e. The first-order chi connectivity index (χ1) is 13.4. The summed E-state index contributed by atoms with van der Waals surface area (Å²) in [6.07, 6.45) is 1.63. The summed E-state index contributed by atoms with van der Waals surface area (Å²) >= 11 is 9.96. The van der Waals surface area contributed by atoms with Crippen molar-refractivity contribution < 1.29 is 13.6 Å². The van der Waals surface area contributed by atoms with E-state index < -0.39 is 5.82 Å².